The van der Waals surface area contributed by atoms with Gasteiger partial charge in [-0.05, 0) is 56.7 Å². The van der Waals surface area contributed by atoms with Crippen LogP contribution in [0.2, 0.25) is 0 Å². The van der Waals surface area contributed by atoms with Crippen LogP contribution in [0.4, 0.5) is 0 Å². The van der Waals surface area contributed by atoms with Crippen LogP contribution in [0, 0.1) is 11.3 Å². The molecule has 0 unspecified atom stereocenters. The Bertz CT molecular complexity index is 1350. The second-order valence-corrected chi connectivity index (χ2v) is 7.78. The van der Waals surface area contributed by atoms with Crippen LogP contribution < -0.4 is 4.74 Å². The summed E-state index contributed by atoms with van der Waals surface area (Å²) >= 11 is 0. The number of fused-ring (bicyclic) bond motifs is 1. The fraction of sp³-hybridized carbons (Fsp3) is 0.320. The van der Waals surface area contributed by atoms with Crippen molar-refractivity contribution in [3.8, 4) is 34.7 Å². The summed E-state index contributed by atoms with van der Waals surface area (Å²) in [6, 6.07) is 13.1. The van der Waals surface area contributed by atoms with E-state index in [1.54, 1.807) is 36.0 Å². The first-order valence-electron chi connectivity index (χ1n) is 11.2. The smallest absolute Gasteiger partial charge is 0.307 e. The Hall–Kier alpha value is -4.19. The van der Waals surface area contributed by atoms with Crippen LogP contribution >= 0.6 is 0 Å². The van der Waals surface area contributed by atoms with Crippen LogP contribution in [0.1, 0.15) is 39.2 Å². The van der Waals surface area contributed by atoms with Gasteiger partial charge < -0.3 is 14.0 Å². The fourth-order valence-electron chi connectivity index (χ4n) is 3.45. The number of nitriles is 1. The van der Waals surface area contributed by atoms with Gasteiger partial charge in [0.2, 0.25) is 5.82 Å². The first kappa shape index (κ1) is 23.0. The zero-order valence-electron chi connectivity index (χ0n) is 19.3. The molecule has 0 aliphatic heterocycles. The number of carbonyl (C=O) groups is 1. The quantitative estimate of drug-likeness (QED) is 0.329. The Morgan fingerprint density at radius 1 is 1.21 bits per heavy atom. The summed E-state index contributed by atoms with van der Waals surface area (Å²) in [7, 11) is 0. The zero-order chi connectivity index (χ0) is 24.1. The average molecular weight is 460 g/mol. The van der Waals surface area contributed by atoms with E-state index in [9.17, 15) is 10.1 Å². The average Bonchev–Trinajstić information content (AvgIpc) is 3.50. The van der Waals surface area contributed by atoms with Gasteiger partial charge in [0.1, 0.15) is 11.8 Å². The Morgan fingerprint density at radius 3 is 2.79 bits per heavy atom. The van der Waals surface area contributed by atoms with Gasteiger partial charge in [-0.1, -0.05) is 12.1 Å². The molecule has 4 rings (SSSR count). The third-order valence-electron chi connectivity index (χ3n) is 5.41. The Kier molecular flexibility index (Phi) is 6.87. The highest BCUT2D eigenvalue weighted by atomic mass is 16.5. The van der Waals surface area contributed by atoms with Crippen molar-refractivity contribution in [2.45, 2.75) is 46.3 Å². The van der Waals surface area contributed by atoms with Gasteiger partial charge in [-0.15, -0.1) is 0 Å². The summed E-state index contributed by atoms with van der Waals surface area (Å²) < 4.78 is 18.0. The first-order valence-corrected chi connectivity index (χ1v) is 11.2. The van der Waals surface area contributed by atoms with Gasteiger partial charge in [-0.3, -0.25) is 9.48 Å². The molecule has 4 aromatic rings. The van der Waals surface area contributed by atoms with Gasteiger partial charge >= 0.3 is 5.97 Å². The lowest BCUT2D eigenvalue weighted by molar-refractivity contribution is -0.143. The molecule has 1 atom stereocenters. The molecule has 0 spiro atoms. The molecular weight excluding hydrogens is 434 g/mol. The van der Waals surface area contributed by atoms with E-state index in [4.69, 9.17) is 14.0 Å². The monoisotopic (exact) mass is 459 g/mol. The van der Waals surface area contributed by atoms with Crippen LogP contribution in [0.3, 0.4) is 0 Å². The van der Waals surface area contributed by atoms with Gasteiger partial charge in [0, 0.05) is 16.5 Å². The van der Waals surface area contributed by atoms with E-state index in [0.29, 0.717) is 41.7 Å². The molecule has 174 valence electrons. The molecule has 0 aliphatic rings. The molecule has 0 saturated heterocycles. The highest BCUT2D eigenvalue weighted by Gasteiger charge is 2.15. The van der Waals surface area contributed by atoms with E-state index in [2.05, 4.69) is 21.3 Å². The second-order valence-electron chi connectivity index (χ2n) is 7.78. The lowest BCUT2D eigenvalue weighted by Crippen LogP contribution is -2.10. The van der Waals surface area contributed by atoms with E-state index in [1.807, 2.05) is 32.0 Å². The molecule has 2 aromatic heterocycles. The summed E-state index contributed by atoms with van der Waals surface area (Å²) in [5.41, 5.74) is 2.71. The molecular formula is C25H25N5O4. The standard InChI is InChI=1S/C25H25N5O4/c1-4-16(3)33-22-9-7-18(13-19(22)14-26)25-28-24(29-34-25)17-6-8-21-20(12-17)15-27-30(21)11-10-23(31)32-5-2/h6-9,12-13,15-16H,4-5,10-11H2,1-3H3/t16-/m1/s1. The van der Waals surface area contributed by atoms with E-state index in [-0.39, 0.29) is 18.5 Å². The molecule has 0 radical (unpaired) electrons. The predicted octanol–water partition coefficient (Wildman–Crippen LogP) is 4.76. The normalized spacial score (nSPS) is 11.8. The minimum absolute atomic E-state index is 0.0115. The molecule has 9 nitrogen and oxygen atoms in total. The summed E-state index contributed by atoms with van der Waals surface area (Å²) in [6.45, 7) is 6.57. The lowest BCUT2D eigenvalue weighted by Gasteiger charge is -2.13. The van der Waals surface area contributed by atoms with Crippen molar-refractivity contribution in [1.29, 1.82) is 5.26 Å². The van der Waals surface area contributed by atoms with Crippen molar-refractivity contribution in [2.75, 3.05) is 6.61 Å². The van der Waals surface area contributed by atoms with Crippen molar-refractivity contribution >= 4 is 16.9 Å². The maximum absolute atomic E-state index is 11.6. The van der Waals surface area contributed by atoms with E-state index in [1.165, 1.54) is 0 Å². The SMILES string of the molecule is CCOC(=O)CCn1ncc2cc(-c3noc(-c4ccc(O[C@H](C)CC)c(C#N)c4)n3)ccc21. The summed E-state index contributed by atoms with van der Waals surface area (Å²) in [5.74, 6) is 1.02. The Labute approximate surface area is 196 Å². The van der Waals surface area contributed by atoms with Crippen molar-refractivity contribution < 1.29 is 18.8 Å². The molecule has 0 amide bonds. The van der Waals surface area contributed by atoms with Gasteiger partial charge in [0.05, 0.1) is 43.0 Å². The van der Waals surface area contributed by atoms with Crippen LogP contribution in [-0.2, 0) is 16.1 Å². The summed E-state index contributed by atoms with van der Waals surface area (Å²) in [4.78, 5) is 16.1. The largest absolute Gasteiger partial charge is 0.489 e. The van der Waals surface area contributed by atoms with Gasteiger partial charge in [-0.2, -0.15) is 15.3 Å². The van der Waals surface area contributed by atoms with Crippen LogP contribution in [0.25, 0.3) is 33.7 Å². The molecule has 0 N–H and O–H groups in total. The summed E-state index contributed by atoms with van der Waals surface area (Å²) in [6.07, 6.45) is 2.85. The van der Waals surface area contributed by atoms with E-state index in [0.717, 1.165) is 22.9 Å². The van der Waals surface area contributed by atoms with Gasteiger partial charge in [0.25, 0.3) is 5.89 Å². The molecule has 0 bridgehead atoms. The van der Waals surface area contributed by atoms with Crippen molar-refractivity contribution in [3.05, 3.63) is 48.2 Å². The number of hydrogen-bond acceptors (Lipinski definition) is 8. The number of aromatic nitrogens is 4. The van der Waals surface area contributed by atoms with Crippen molar-refractivity contribution in [3.63, 3.8) is 0 Å². The summed E-state index contributed by atoms with van der Waals surface area (Å²) in [5, 5.41) is 18.9. The topological polar surface area (TPSA) is 116 Å². The zero-order valence-corrected chi connectivity index (χ0v) is 19.3. The Balaban J connectivity index is 1.54. The number of carbonyl (C=O) groups excluding carboxylic acids is 1. The Morgan fingerprint density at radius 2 is 2.03 bits per heavy atom. The van der Waals surface area contributed by atoms with Crippen LogP contribution in [0.15, 0.2) is 47.1 Å². The number of hydrogen-bond donors (Lipinski definition) is 0. The highest BCUT2D eigenvalue weighted by Crippen LogP contribution is 2.29. The van der Waals surface area contributed by atoms with Crippen LogP contribution in [0.5, 0.6) is 5.75 Å². The van der Waals surface area contributed by atoms with Crippen molar-refractivity contribution in [1.82, 2.24) is 19.9 Å². The number of aryl methyl sites for hydroxylation is 1. The molecule has 34 heavy (non-hydrogen) atoms. The minimum Gasteiger partial charge on any atom is -0.489 e. The molecule has 0 fully saturated rings. The molecule has 9 heteroatoms. The molecule has 0 saturated carbocycles. The van der Waals surface area contributed by atoms with Crippen molar-refractivity contribution in [2.24, 2.45) is 0 Å². The number of benzene rings is 2. The number of rotatable bonds is 9. The molecule has 2 aromatic carbocycles. The molecule has 0 aliphatic carbocycles. The number of ether oxygens (including phenoxy) is 2. The first-order chi connectivity index (χ1) is 16.5. The van der Waals surface area contributed by atoms with Gasteiger partial charge in [0.15, 0.2) is 0 Å². The third kappa shape index (κ3) is 4.91. The second kappa shape index (κ2) is 10.2. The highest BCUT2D eigenvalue weighted by molar-refractivity contribution is 5.83. The fourth-order valence-corrected chi connectivity index (χ4v) is 3.45. The van der Waals surface area contributed by atoms with E-state index < -0.39 is 0 Å². The third-order valence-corrected chi connectivity index (χ3v) is 5.41. The maximum atomic E-state index is 11.6. The molecule has 2 heterocycles. The lowest BCUT2D eigenvalue weighted by atomic mass is 10.1. The maximum Gasteiger partial charge on any atom is 0.307 e. The van der Waals surface area contributed by atoms with E-state index >= 15 is 0 Å². The number of nitrogens with zero attached hydrogens (tertiary/aromatic N) is 5. The predicted molar refractivity (Wildman–Crippen MR) is 125 cm³/mol. The van der Waals surface area contributed by atoms with Crippen LogP contribution in [-0.4, -0.2) is 38.6 Å². The van der Waals surface area contributed by atoms with Gasteiger partial charge in [-0.25, -0.2) is 0 Å². The minimum atomic E-state index is -0.249. The number of esters is 1.